The molecule has 17 heteroatoms. The number of nitrogens with zero attached hydrogens (tertiary/aromatic N) is 1. The van der Waals surface area contributed by atoms with Crippen LogP contribution >= 0.6 is 0 Å². The van der Waals surface area contributed by atoms with Gasteiger partial charge in [0, 0.05) is 0 Å². The first-order chi connectivity index (χ1) is 20.2. The van der Waals surface area contributed by atoms with Crippen molar-refractivity contribution in [3.63, 3.8) is 0 Å². The first kappa shape index (κ1) is 49.3. The van der Waals surface area contributed by atoms with Gasteiger partial charge >= 0.3 is 41.5 Å². The van der Waals surface area contributed by atoms with Crippen molar-refractivity contribution in [1.82, 2.24) is 5.32 Å². The third-order valence-corrected chi connectivity index (χ3v) is 7.58. The second-order valence-corrected chi connectivity index (χ2v) is 11.7. The van der Waals surface area contributed by atoms with Gasteiger partial charge in [0.25, 0.3) is 0 Å². The number of nitrogens with one attached hydrogen (secondary N) is 2. The molecule has 8 N–H and O–H groups in total. The van der Waals surface area contributed by atoms with Crippen molar-refractivity contribution >= 4 is 28.0 Å². The molecule has 0 aliphatic heterocycles. The zero-order chi connectivity index (χ0) is 33.9. The number of nitrogens with two attached hydrogens (primary N) is 1. The number of rotatable bonds is 20. The van der Waals surface area contributed by atoms with E-state index in [9.17, 15) is 22.6 Å². The number of nitriles is 1. The van der Waals surface area contributed by atoms with Crippen molar-refractivity contribution in [3.8, 4) is 6.19 Å². The van der Waals surface area contributed by atoms with Crippen molar-refractivity contribution in [3.05, 3.63) is 0 Å². The van der Waals surface area contributed by atoms with Crippen LogP contribution in [0.4, 0.5) is 0 Å². The molecule has 0 bridgehead atoms. The van der Waals surface area contributed by atoms with E-state index in [2.05, 4.69) is 19.6 Å². The fraction of sp³-hybridized carbons (Fsp3) is 0.852. The zero-order valence-corrected chi connectivity index (χ0v) is 29.7. The van der Waals surface area contributed by atoms with Gasteiger partial charge < -0.3 is 40.2 Å². The molecule has 0 rings (SSSR count). The summed E-state index contributed by atoms with van der Waals surface area (Å²) in [4.78, 5) is 24.1. The summed E-state index contributed by atoms with van der Waals surface area (Å²) < 4.78 is 44.6. The number of hydrogen-bond acceptors (Lipinski definition) is 13. The maximum Gasteiger partial charge on any atom is 1.00 e. The normalized spacial score (nSPS) is 12.7. The summed E-state index contributed by atoms with van der Waals surface area (Å²) in [7, 11) is -5.01. The number of carbonyl (C=O) groups excluding carboxylic acids is 2. The monoisotopic (exact) mass is 664 g/mol. The summed E-state index contributed by atoms with van der Waals surface area (Å²) in [6.45, 7) is 6.64. The Labute approximate surface area is 284 Å². The summed E-state index contributed by atoms with van der Waals surface area (Å²) >= 11 is 0. The first-order valence-corrected chi connectivity index (χ1v) is 15.9. The van der Waals surface area contributed by atoms with Crippen molar-refractivity contribution < 1.29 is 82.0 Å². The molecule has 0 aromatic rings. The quantitative estimate of drug-likeness (QED) is 0.0137. The molecule has 0 saturated carbocycles. The molecule has 0 aromatic heterocycles. The van der Waals surface area contributed by atoms with Crippen molar-refractivity contribution in [2.75, 3.05) is 39.6 Å². The number of aliphatic hydroxyl groups is 4. The number of esters is 2. The Kier molecular flexibility index (Phi) is 33.8. The second kappa shape index (κ2) is 30.1. The molecule has 254 valence electrons. The molecule has 0 aromatic carbocycles. The predicted octanol–water partition coefficient (Wildman–Crippen LogP) is -2.29. The van der Waals surface area contributed by atoms with Gasteiger partial charge in [-0.15, -0.1) is 0 Å². The van der Waals surface area contributed by atoms with Crippen LogP contribution in [0.3, 0.4) is 0 Å². The first-order valence-electron chi connectivity index (χ1n) is 14.4. The van der Waals surface area contributed by atoms with Gasteiger partial charge in [-0.05, 0) is 24.7 Å². The summed E-state index contributed by atoms with van der Waals surface area (Å²) in [5.74, 6) is -2.07. The average Bonchev–Trinajstić information content (AvgIpc) is 2.97. The van der Waals surface area contributed by atoms with Gasteiger partial charge in [0.15, 0.2) is 17.4 Å². The molecule has 44 heavy (non-hydrogen) atoms. The Morgan fingerprint density at radius 1 is 0.932 bits per heavy atom. The average molecular weight is 665 g/mol. The van der Waals surface area contributed by atoms with Crippen LogP contribution in [0, 0.1) is 34.1 Å². The molecule has 0 amide bonds. The Morgan fingerprint density at radius 2 is 1.34 bits per heavy atom. The number of ether oxygens (including phenoxy) is 2. The Morgan fingerprint density at radius 3 is 1.59 bits per heavy atom. The van der Waals surface area contributed by atoms with Crippen LogP contribution in [0.5, 0.6) is 0 Å². The van der Waals surface area contributed by atoms with Crippen LogP contribution < -0.4 is 40.6 Å². The number of guanidine groups is 1. The van der Waals surface area contributed by atoms with E-state index >= 15 is 0 Å². The maximum atomic E-state index is 12.1. The second-order valence-electron chi connectivity index (χ2n) is 10.1. The number of unbranched alkanes of at least 4 members (excludes halogenated alkanes) is 2. The van der Waals surface area contributed by atoms with E-state index in [0.29, 0.717) is 0 Å². The van der Waals surface area contributed by atoms with Gasteiger partial charge in [0.2, 0.25) is 0 Å². The largest absolute Gasteiger partial charge is 1.00 e. The van der Waals surface area contributed by atoms with Crippen molar-refractivity contribution in [1.29, 1.82) is 10.7 Å². The van der Waals surface area contributed by atoms with E-state index in [1.807, 2.05) is 19.2 Å². The zero-order valence-electron chi connectivity index (χ0n) is 26.9. The summed E-state index contributed by atoms with van der Waals surface area (Å²) in [5.41, 5.74) is 3.54. The predicted molar refractivity (Wildman–Crippen MR) is 158 cm³/mol. The van der Waals surface area contributed by atoms with Crippen LogP contribution in [-0.2, 0) is 29.2 Å². The van der Waals surface area contributed by atoms with Gasteiger partial charge in [-0.1, -0.05) is 66.2 Å². The third-order valence-electron chi connectivity index (χ3n) is 6.52. The third kappa shape index (κ3) is 25.7. The maximum absolute atomic E-state index is 12.1. The van der Waals surface area contributed by atoms with Gasteiger partial charge in [-0.25, -0.2) is 8.42 Å². The van der Waals surface area contributed by atoms with Crippen molar-refractivity contribution in [2.24, 2.45) is 23.0 Å². The number of hydrogen-bond donors (Lipinski definition) is 7. The molecule has 0 radical (unpaired) electrons. The molecular formula is C27H53N4NaO11S. The molecular weight excluding hydrogens is 611 g/mol. The van der Waals surface area contributed by atoms with Gasteiger partial charge in [0.1, 0.15) is 10.1 Å². The molecule has 15 nitrogen and oxygen atoms in total. The van der Waals surface area contributed by atoms with Crippen LogP contribution in [-0.4, -0.2) is 96.2 Å². The summed E-state index contributed by atoms with van der Waals surface area (Å²) in [6, 6.07) is 0. The minimum atomic E-state index is -5.01. The summed E-state index contributed by atoms with van der Waals surface area (Å²) in [5, 5.41) is 47.8. The SMILES string of the molecule is CCCCC(CC)COC(=O)CC(C(=O)OCC(CC)CCCC)S(=O)(=O)[O-].N#CNC(=N)N.OCC(CO)(CO)CO.[Na+]. The molecule has 0 aliphatic carbocycles. The minimum Gasteiger partial charge on any atom is -0.747 e. The molecule has 0 spiro atoms. The van der Waals surface area contributed by atoms with Crippen LogP contribution in [0.1, 0.15) is 85.5 Å². The standard InChI is InChI=1S/C20H38O7S.C5H12O4.C2H4N4.Na/c1-5-9-11-16(7-3)14-26-19(21)13-18(28(23,24)25)20(22)27-15-17(8-4)12-10-6-2;6-1-5(2-7,3-8)4-9;3-1-6-2(4)5;/h16-18H,5-15H2,1-4H3,(H,23,24,25);6-9H,1-4H2;(H4,4,5,6);/q;;;+1/p-1. The van der Waals surface area contributed by atoms with E-state index in [-0.39, 0.29) is 60.6 Å². The van der Waals surface area contributed by atoms with Crippen LogP contribution in [0.2, 0.25) is 0 Å². The molecule has 0 heterocycles. The van der Waals surface area contributed by atoms with E-state index in [4.69, 9.17) is 40.6 Å². The van der Waals surface area contributed by atoms with Gasteiger partial charge in [-0.3, -0.25) is 20.3 Å². The van der Waals surface area contributed by atoms with E-state index in [1.165, 1.54) is 6.19 Å². The van der Waals surface area contributed by atoms with Gasteiger partial charge in [0.05, 0.1) is 51.5 Å². The topological polar surface area (TPSA) is 276 Å². The molecule has 0 fully saturated rings. The fourth-order valence-electron chi connectivity index (χ4n) is 3.17. The molecule has 3 atom stereocenters. The van der Waals surface area contributed by atoms with Crippen molar-refractivity contribution in [2.45, 2.75) is 90.7 Å². The smallest absolute Gasteiger partial charge is 0.747 e. The minimum absolute atomic E-state index is 0. The molecule has 3 unspecified atom stereocenters. The Balaban J connectivity index is -0.000000410. The Bertz CT molecular complexity index is 883. The molecule has 0 aliphatic rings. The van der Waals surface area contributed by atoms with E-state index in [1.54, 1.807) is 0 Å². The molecule has 0 saturated heterocycles. The van der Waals surface area contributed by atoms with Crippen LogP contribution in [0.25, 0.3) is 0 Å². The summed E-state index contributed by atoms with van der Waals surface area (Å²) in [6.07, 6.45) is 8.05. The van der Waals surface area contributed by atoms with E-state index < -0.39 is 65.6 Å². The van der Waals surface area contributed by atoms with Gasteiger partial charge in [-0.2, -0.15) is 5.26 Å². The fourth-order valence-corrected chi connectivity index (χ4v) is 3.82. The number of carbonyl (C=O) groups is 2. The number of aliphatic hydroxyl groups excluding tert-OH is 4. The van der Waals surface area contributed by atoms with Crippen LogP contribution in [0.15, 0.2) is 0 Å². The van der Waals surface area contributed by atoms with E-state index in [0.717, 1.165) is 51.4 Å². The Hall–Kier alpha value is -1.55.